The van der Waals surface area contributed by atoms with Gasteiger partial charge in [-0.25, -0.2) is 22.4 Å². The Labute approximate surface area is 168 Å². The van der Waals surface area contributed by atoms with Gasteiger partial charge in [0, 0.05) is 6.54 Å². The first-order valence-corrected chi connectivity index (χ1v) is 10.4. The molecular weight excluding hydrogens is 401 g/mol. The molecule has 0 heterocycles. The van der Waals surface area contributed by atoms with Gasteiger partial charge in [0.1, 0.15) is 5.82 Å². The van der Waals surface area contributed by atoms with Gasteiger partial charge < -0.3 is 15.5 Å². The quantitative estimate of drug-likeness (QED) is 0.646. The maximum Gasteiger partial charge on any atom is 0.414 e. The third-order valence-electron chi connectivity index (χ3n) is 4.60. The molecule has 0 bridgehead atoms. The van der Waals surface area contributed by atoms with Crippen LogP contribution in [0.3, 0.4) is 0 Å². The minimum absolute atomic E-state index is 0.0000318. The molecule has 156 valence electrons. The number of benzene rings is 2. The Kier molecular flexibility index (Phi) is 7.46. The SMILES string of the molecule is CNCC1CCCc2cc(S(=O)(=O)c3cccc(F)c3)ccc21.O=C(O)C(=O)O. The summed E-state index contributed by atoms with van der Waals surface area (Å²) in [4.78, 5) is 18.4. The number of carbonyl (C=O) groups is 2. The van der Waals surface area contributed by atoms with Gasteiger partial charge in [0.05, 0.1) is 9.79 Å². The van der Waals surface area contributed by atoms with E-state index in [-0.39, 0.29) is 9.79 Å². The molecule has 7 nitrogen and oxygen atoms in total. The summed E-state index contributed by atoms with van der Waals surface area (Å²) in [5, 5.41) is 18.0. The number of aryl methyl sites for hydroxylation is 1. The predicted octanol–water partition coefficient (Wildman–Crippen LogP) is 2.45. The normalized spacial score (nSPS) is 15.6. The zero-order chi connectivity index (χ0) is 21.6. The van der Waals surface area contributed by atoms with Crippen LogP contribution in [0.2, 0.25) is 0 Å². The molecule has 0 saturated carbocycles. The van der Waals surface area contributed by atoms with Gasteiger partial charge in [0.25, 0.3) is 0 Å². The average molecular weight is 423 g/mol. The van der Waals surface area contributed by atoms with Crippen LogP contribution in [-0.4, -0.2) is 44.2 Å². The van der Waals surface area contributed by atoms with Crippen molar-refractivity contribution in [1.82, 2.24) is 5.32 Å². The molecule has 0 spiro atoms. The molecule has 29 heavy (non-hydrogen) atoms. The lowest BCUT2D eigenvalue weighted by atomic mass is 9.83. The minimum Gasteiger partial charge on any atom is -0.473 e. The first-order chi connectivity index (χ1) is 13.7. The van der Waals surface area contributed by atoms with Crippen LogP contribution in [-0.2, 0) is 25.8 Å². The monoisotopic (exact) mass is 423 g/mol. The van der Waals surface area contributed by atoms with Crippen molar-refractivity contribution in [3.05, 3.63) is 59.4 Å². The van der Waals surface area contributed by atoms with Crippen molar-refractivity contribution >= 4 is 21.8 Å². The van der Waals surface area contributed by atoms with E-state index >= 15 is 0 Å². The molecule has 3 rings (SSSR count). The van der Waals surface area contributed by atoms with Crippen LogP contribution in [0.15, 0.2) is 52.3 Å². The van der Waals surface area contributed by atoms with Gasteiger partial charge >= 0.3 is 11.9 Å². The lowest BCUT2D eigenvalue weighted by Crippen LogP contribution is -2.21. The van der Waals surface area contributed by atoms with Crippen molar-refractivity contribution in [2.24, 2.45) is 0 Å². The largest absolute Gasteiger partial charge is 0.473 e. The summed E-state index contributed by atoms with van der Waals surface area (Å²) >= 11 is 0. The standard InChI is InChI=1S/C18H20FNO2S.C2H2O4/c1-20-12-14-5-2-4-13-10-17(8-9-18(13)14)23(21,22)16-7-3-6-15(19)11-16;3-1(4)2(5)6/h3,6-11,14,20H,2,4-5,12H2,1H3;(H,3,4)(H,5,6). The van der Waals surface area contributed by atoms with Crippen molar-refractivity contribution in [2.45, 2.75) is 35.0 Å². The van der Waals surface area contributed by atoms with E-state index in [1.54, 1.807) is 12.1 Å². The van der Waals surface area contributed by atoms with Gasteiger partial charge in [-0.3, -0.25) is 0 Å². The fourth-order valence-corrected chi connectivity index (χ4v) is 4.63. The topological polar surface area (TPSA) is 121 Å². The first kappa shape index (κ1) is 22.5. The van der Waals surface area contributed by atoms with E-state index in [9.17, 15) is 12.8 Å². The number of fused-ring (bicyclic) bond motifs is 1. The summed E-state index contributed by atoms with van der Waals surface area (Å²) in [6, 6.07) is 10.5. The third-order valence-corrected chi connectivity index (χ3v) is 6.35. The number of likely N-dealkylation sites (N-methyl/N-ethyl adjacent to an activating group) is 1. The molecule has 0 fully saturated rings. The second kappa shape index (κ2) is 9.62. The van der Waals surface area contributed by atoms with Crippen LogP contribution in [0.4, 0.5) is 4.39 Å². The molecule has 2 aromatic carbocycles. The van der Waals surface area contributed by atoms with Crippen LogP contribution in [0.25, 0.3) is 0 Å². The molecule has 0 radical (unpaired) electrons. The number of nitrogens with one attached hydrogen (secondary N) is 1. The molecule has 1 aliphatic carbocycles. The lowest BCUT2D eigenvalue weighted by molar-refractivity contribution is -0.159. The highest BCUT2D eigenvalue weighted by Gasteiger charge is 2.24. The van der Waals surface area contributed by atoms with Crippen molar-refractivity contribution in [2.75, 3.05) is 13.6 Å². The molecule has 0 amide bonds. The Hall–Kier alpha value is -2.78. The summed E-state index contributed by atoms with van der Waals surface area (Å²) in [6.07, 6.45) is 3.06. The average Bonchev–Trinajstić information content (AvgIpc) is 2.68. The molecule has 3 N–H and O–H groups in total. The molecule has 1 atom stereocenters. The lowest BCUT2D eigenvalue weighted by Gasteiger charge is -2.25. The second-order valence-corrected chi connectivity index (χ2v) is 8.53. The van der Waals surface area contributed by atoms with E-state index in [1.807, 2.05) is 13.1 Å². The molecule has 0 saturated heterocycles. The summed E-state index contributed by atoms with van der Waals surface area (Å²) in [5.41, 5.74) is 2.32. The van der Waals surface area contributed by atoms with Crippen molar-refractivity contribution in [3.8, 4) is 0 Å². The zero-order valence-corrected chi connectivity index (χ0v) is 16.6. The number of carboxylic acids is 2. The van der Waals surface area contributed by atoms with Crippen molar-refractivity contribution in [1.29, 1.82) is 0 Å². The fourth-order valence-electron chi connectivity index (χ4n) is 3.29. The molecule has 9 heteroatoms. The van der Waals surface area contributed by atoms with Gasteiger partial charge in [-0.05, 0) is 73.7 Å². The van der Waals surface area contributed by atoms with Gasteiger partial charge in [-0.1, -0.05) is 12.1 Å². The molecule has 1 aliphatic rings. The van der Waals surface area contributed by atoms with Crippen molar-refractivity contribution in [3.63, 3.8) is 0 Å². The summed E-state index contributed by atoms with van der Waals surface area (Å²) in [5.74, 6) is -3.77. The van der Waals surface area contributed by atoms with Crippen LogP contribution < -0.4 is 5.32 Å². The maximum absolute atomic E-state index is 13.4. The molecule has 0 aromatic heterocycles. The van der Waals surface area contributed by atoms with E-state index in [4.69, 9.17) is 19.8 Å². The number of hydrogen-bond donors (Lipinski definition) is 3. The second-order valence-electron chi connectivity index (χ2n) is 6.58. The highest BCUT2D eigenvalue weighted by molar-refractivity contribution is 7.91. The number of sulfone groups is 1. The van der Waals surface area contributed by atoms with E-state index in [0.717, 1.165) is 37.4 Å². The Balaban J connectivity index is 0.000000438. The predicted molar refractivity (Wildman–Crippen MR) is 103 cm³/mol. The molecule has 0 aliphatic heterocycles. The maximum atomic E-state index is 13.4. The first-order valence-electron chi connectivity index (χ1n) is 8.91. The van der Waals surface area contributed by atoms with Crippen LogP contribution in [0, 0.1) is 5.82 Å². The zero-order valence-electron chi connectivity index (χ0n) is 15.8. The Morgan fingerprint density at radius 2 is 1.76 bits per heavy atom. The number of carboxylic acid groups (broad SMARTS) is 2. The highest BCUT2D eigenvalue weighted by atomic mass is 32.2. The summed E-state index contributed by atoms with van der Waals surface area (Å²) < 4.78 is 38.8. The van der Waals surface area contributed by atoms with Gasteiger partial charge in [-0.2, -0.15) is 0 Å². The van der Waals surface area contributed by atoms with Gasteiger partial charge in [0.2, 0.25) is 9.84 Å². The number of hydrogen-bond acceptors (Lipinski definition) is 5. The molecule has 1 unspecified atom stereocenters. The Morgan fingerprint density at radius 1 is 1.10 bits per heavy atom. The van der Waals surface area contributed by atoms with E-state index in [1.165, 1.54) is 23.8 Å². The number of halogens is 1. The van der Waals surface area contributed by atoms with Gasteiger partial charge in [0.15, 0.2) is 0 Å². The van der Waals surface area contributed by atoms with Crippen molar-refractivity contribution < 1.29 is 32.6 Å². The third kappa shape index (κ3) is 5.61. The smallest absolute Gasteiger partial charge is 0.414 e. The molecule has 2 aromatic rings. The Bertz CT molecular complexity index is 994. The Morgan fingerprint density at radius 3 is 2.34 bits per heavy atom. The summed E-state index contributed by atoms with van der Waals surface area (Å²) in [6.45, 7) is 0.892. The summed E-state index contributed by atoms with van der Waals surface area (Å²) in [7, 11) is -1.75. The minimum atomic E-state index is -3.68. The van der Waals surface area contributed by atoms with E-state index < -0.39 is 27.6 Å². The molecular formula is C20H22FNO6S. The van der Waals surface area contributed by atoms with Crippen LogP contribution in [0.1, 0.15) is 29.9 Å². The number of rotatable bonds is 4. The van der Waals surface area contributed by atoms with Crippen LogP contribution >= 0.6 is 0 Å². The van der Waals surface area contributed by atoms with E-state index in [2.05, 4.69) is 5.32 Å². The van der Waals surface area contributed by atoms with Crippen LogP contribution in [0.5, 0.6) is 0 Å². The fraction of sp³-hybridized carbons (Fsp3) is 0.300. The number of aliphatic carboxylic acids is 2. The van der Waals surface area contributed by atoms with E-state index in [0.29, 0.717) is 5.92 Å². The van der Waals surface area contributed by atoms with Gasteiger partial charge in [-0.15, -0.1) is 0 Å². The highest BCUT2D eigenvalue weighted by Crippen LogP contribution is 2.33.